The van der Waals surface area contributed by atoms with Gasteiger partial charge in [-0.15, -0.1) is 0 Å². The molecular weight excluding hydrogens is 225 g/mol. The van der Waals surface area contributed by atoms with Gasteiger partial charge in [0.25, 0.3) is 0 Å². The Morgan fingerprint density at radius 3 is 2.75 bits per heavy atom. The average Bonchev–Trinajstić information content (AvgIpc) is 2.08. The van der Waals surface area contributed by atoms with Crippen LogP contribution in [0.3, 0.4) is 0 Å². The molecule has 0 aromatic heterocycles. The van der Waals surface area contributed by atoms with Gasteiger partial charge in [0.15, 0.2) is 0 Å². The van der Waals surface area contributed by atoms with Crippen molar-refractivity contribution in [3.63, 3.8) is 0 Å². The summed E-state index contributed by atoms with van der Waals surface area (Å²) in [5.41, 5.74) is 5.71. The van der Waals surface area contributed by atoms with Crippen molar-refractivity contribution in [2.24, 2.45) is 5.73 Å². The zero-order valence-corrected chi connectivity index (χ0v) is 7.88. The predicted molar refractivity (Wildman–Crippen MR) is 48.1 cm³/mol. The minimum atomic E-state index is -0.785. The number of aliphatic hydroxyl groups is 1. The molecule has 1 aromatic rings. The summed E-state index contributed by atoms with van der Waals surface area (Å²) in [6.07, 6.45) is -0.785. The van der Waals surface area contributed by atoms with Crippen LogP contribution in [0.4, 0.5) is 4.39 Å². The Balaban J connectivity index is 2.96. The first kappa shape index (κ1) is 9.64. The molecule has 0 spiro atoms. The summed E-state index contributed by atoms with van der Waals surface area (Å²) in [5, 5.41) is 9.24. The highest BCUT2D eigenvalue weighted by Gasteiger charge is 2.07. The van der Waals surface area contributed by atoms with E-state index in [1.807, 2.05) is 0 Å². The molecule has 0 saturated carbocycles. The second kappa shape index (κ2) is 3.98. The number of benzene rings is 1. The van der Waals surface area contributed by atoms with E-state index in [0.717, 1.165) is 0 Å². The first-order valence-electron chi connectivity index (χ1n) is 3.48. The number of rotatable bonds is 2. The normalized spacial score (nSPS) is 13.0. The van der Waals surface area contributed by atoms with Crippen molar-refractivity contribution < 1.29 is 9.50 Å². The molecule has 4 heteroatoms. The Morgan fingerprint density at radius 1 is 1.58 bits per heavy atom. The molecule has 1 rings (SSSR count). The second-order valence-corrected chi connectivity index (χ2v) is 3.28. The van der Waals surface area contributed by atoms with Gasteiger partial charge in [0.2, 0.25) is 0 Å². The Hall–Kier alpha value is -0.450. The smallest absolute Gasteiger partial charge is 0.137 e. The van der Waals surface area contributed by atoms with Crippen LogP contribution in [0.1, 0.15) is 11.7 Å². The molecule has 0 amide bonds. The maximum atomic E-state index is 12.9. The minimum absolute atomic E-state index is 0.0983. The molecular formula is C8H9BrFNO. The van der Waals surface area contributed by atoms with Gasteiger partial charge in [-0.1, -0.05) is 6.07 Å². The van der Waals surface area contributed by atoms with Crippen LogP contribution in [0, 0.1) is 5.82 Å². The molecule has 0 bridgehead atoms. The molecule has 1 aromatic carbocycles. The summed E-state index contributed by atoms with van der Waals surface area (Å²) in [7, 11) is 0. The van der Waals surface area contributed by atoms with Crippen LogP contribution in [0.5, 0.6) is 0 Å². The van der Waals surface area contributed by atoms with Crippen LogP contribution in [0.25, 0.3) is 0 Å². The van der Waals surface area contributed by atoms with Crippen LogP contribution in [0.2, 0.25) is 0 Å². The van der Waals surface area contributed by atoms with E-state index in [2.05, 4.69) is 15.9 Å². The van der Waals surface area contributed by atoms with E-state index in [-0.39, 0.29) is 12.4 Å². The number of halogens is 2. The van der Waals surface area contributed by atoms with Gasteiger partial charge < -0.3 is 10.8 Å². The molecule has 2 nitrogen and oxygen atoms in total. The average molecular weight is 234 g/mol. The lowest BCUT2D eigenvalue weighted by Gasteiger charge is -2.07. The lowest BCUT2D eigenvalue weighted by molar-refractivity contribution is 0.186. The fourth-order valence-electron chi connectivity index (χ4n) is 0.856. The second-order valence-electron chi connectivity index (χ2n) is 2.43. The SMILES string of the molecule is NC[C@H](O)c1ccc(Br)c(F)c1. The van der Waals surface area contributed by atoms with E-state index in [1.165, 1.54) is 6.07 Å². The molecule has 0 unspecified atom stereocenters. The van der Waals surface area contributed by atoms with Crippen LogP contribution in [-0.4, -0.2) is 11.7 Å². The lowest BCUT2D eigenvalue weighted by Crippen LogP contribution is -2.11. The van der Waals surface area contributed by atoms with Gasteiger partial charge in [0.1, 0.15) is 5.82 Å². The predicted octanol–water partition coefficient (Wildman–Crippen LogP) is 1.58. The summed E-state index contributed by atoms with van der Waals surface area (Å²) < 4.78 is 13.3. The molecule has 0 aliphatic carbocycles. The molecule has 0 fully saturated rings. The highest BCUT2D eigenvalue weighted by molar-refractivity contribution is 9.10. The minimum Gasteiger partial charge on any atom is -0.387 e. The number of hydrogen-bond donors (Lipinski definition) is 2. The van der Waals surface area contributed by atoms with Crippen LogP contribution in [-0.2, 0) is 0 Å². The molecule has 0 radical (unpaired) electrons. The first-order valence-corrected chi connectivity index (χ1v) is 4.27. The maximum absolute atomic E-state index is 12.9. The van der Waals surface area contributed by atoms with Gasteiger partial charge >= 0.3 is 0 Å². The summed E-state index contributed by atoms with van der Waals surface area (Å²) in [5.74, 6) is -0.389. The largest absolute Gasteiger partial charge is 0.387 e. The Kier molecular flexibility index (Phi) is 3.20. The van der Waals surface area contributed by atoms with Crippen molar-refractivity contribution >= 4 is 15.9 Å². The Morgan fingerprint density at radius 2 is 2.25 bits per heavy atom. The molecule has 3 N–H and O–H groups in total. The van der Waals surface area contributed by atoms with E-state index in [9.17, 15) is 9.50 Å². The highest BCUT2D eigenvalue weighted by atomic mass is 79.9. The van der Waals surface area contributed by atoms with E-state index in [4.69, 9.17) is 5.73 Å². The van der Waals surface area contributed by atoms with Gasteiger partial charge in [-0.25, -0.2) is 4.39 Å². The standard InChI is InChI=1S/C8H9BrFNO/c9-6-2-1-5(3-7(6)10)8(12)4-11/h1-3,8,12H,4,11H2/t8-/m0/s1. The third kappa shape index (κ3) is 2.03. The van der Waals surface area contributed by atoms with Gasteiger partial charge in [0, 0.05) is 6.54 Å². The summed E-state index contributed by atoms with van der Waals surface area (Å²) in [6.45, 7) is 0.0983. The van der Waals surface area contributed by atoms with Crippen LogP contribution >= 0.6 is 15.9 Å². The maximum Gasteiger partial charge on any atom is 0.137 e. The van der Waals surface area contributed by atoms with Crippen molar-refractivity contribution in [1.29, 1.82) is 0 Å². The molecule has 12 heavy (non-hydrogen) atoms. The molecule has 66 valence electrons. The Labute approximate surface area is 78.3 Å². The molecule has 0 heterocycles. The van der Waals surface area contributed by atoms with E-state index < -0.39 is 6.10 Å². The van der Waals surface area contributed by atoms with Gasteiger partial charge in [-0.05, 0) is 33.6 Å². The van der Waals surface area contributed by atoms with Crippen molar-refractivity contribution in [2.75, 3.05) is 6.54 Å². The highest BCUT2D eigenvalue weighted by Crippen LogP contribution is 2.19. The van der Waals surface area contributed by atoms with Gasteiger partial charge in [-0.3, -0.25) is 0 Å². The van der Waals surface area contributed by atoms with Gasteiger partial charge in [-0.2, -0.15) is 0 Å². The van der Waals surface area contributed by atoms with Crippen molar-refractivity contribution in [3.8, 4) is 0 Å². The fraction of sp³-hybridized carbons (Fsp3) is 0.250. The summed E-state index contributed by atoms with van der Waals surface area (Å²) in [4.78, 5) is 0. The van der Waals surface area contributed by atoms with Crippen molar-refractivity contribution in [1.82, 2.24) is 0 Å². The molecule has 0 aliphatic heterocycles. The molecule has 1 atom stereocenters. The fourth-order valence-corrected chi connectivity index (χ4v) is 1.10. The summed E-state index contributed by atoms with van der Waals surface area (Å²) >= 11 is 3.01. The van der Waals surface area contributed by atoms with E-state index >= 15 is 0 Å². The van der Waals surface area contributed by atoms with Gasteiger partial charge in [0.05, 0.1) is 10.6 Å². The molecule has 0 saturated heterocycles. The van der Waals surface area contributed by atoms with Crippen molar-refractivity contribution in [3.05, 3.63) is 34.1 Å². The number of hydrogen-bond acceptors (Lipinski definition) is 2. The molecule has 0 aliphatic rings. The monoisotopic (exact) mass is 233 g/mol. The lowest BCUT2D eigenvalue weighted by atomic mass is 10.1. The number of aliphatic hydroxyl groups excluding tert-OH is 1. The van der Waals surface area contributed by atoms with E-state index in [1.54, 1.807) is 12.1 Å². The third-order valence-corrected chi connectivity index (χ3v) is 2.19. The zero-order valence-electron chi connectivity index (χ0n) is 6.30. The van der Waals surface area contributed by atoms with Crippen molar-refractivity contribution in [2.45, 2.75) is 6.10 Å². The zero-order chi connectivity index (χ0) is 9.14. The Bertz CT molecular complexity index is 280. The van der Waals surface area contributed by atoms with Crippen LogP contribution < -0.4 is 5.73 Å². The topological polar surface area (TPSA) is 46.2 Å². The first-order chi connectivity index (χ1) is 5.65. The van der Waals surface area contributed by atoms with E-state index in [0.29, 0.717) is 10.0 Å². The van der Waals surface area contributed by atoms with Crippen LogP contribution in [0.15, 0.2) is 22.7 Å². The summed E-state index contributed by atoms with van der Waals surface area (Å²) in [6, 6.07) is 4.44. The third-order valence-electron chi connectivity index (χ3n) is 1.55. The quantitative estimate of drug-likeness (QED) is 0.815. The number of nitrogens with two attached hydrogens (primary N) is 1.